The summed E-state index contributed by atoms with van der Waals surface area (Å²) < 4.78 is 5.48. The van der Waals surface area contributed by atoms with Gasteiger partial charge in [-0.3, -0.25) is 9.69 Å². The molecule has 1 fully saturated rings. The largest absolute Gasteiger partial charge is 0.444 e. The van der Waals surface area contributed by atoms with Crippen LogP contribution >= 0.6 is 0 Å². The Morgan fingerprint density at radius 3 is 2.41 bits per heavy atom. The lowest BCUT2D eigenvalue weighted by Crippen LogP contribution is -2.57. The average Bonchev–Trinajstić information content (AvgIpc) is 2.57. The molecule has 0 aromatic rings. The Bertz CT molecular complexity index is 489. The number of rotatable bonds is 7. The number of hydrogen-bond acceptors (Lipinski definition) is 5. The molecule has 1 saturated heterocycles. The molecule has 0 aromatic carbocycles. The van der Waals surface area contributed by atoms with Gasteiger partial charge in [0.25, 0.3) is 0 Å². The van der Waals surface area contributed by atoms with E-state index in [0.29, 0.717) is 24.8 Å². The lowest BCUT2D eigenvalue weighted by Gasteiger charge is -2.40. The Balaban J connectivity index is 2.94. The van der Waals surface area contributed by atoms with Crippen molar-refractivity contribution in [3.63, 3.8) is 0 Å². The molecular weight excluding hydrogens is 348 g/mol. The third-order valence-electron chi connectivity index (χ3n) is 5.18. The number of nitrogens with one attached hydrogen (secondary N) is 1. The quantitative estimate of drug-likeness (QED) is 0.623. The first-order valence-corrected chi connectivity index (χ1v) is 10.1. The third-order valence-corrected chi connectivity index (χ3v) is 5.18. The summed E-state index contributed by atoms with van der Waals surface area (Å²) in [5, 5.41) is 21.8. The van der Waals surface area contributed by atoms with Crippen molar-refractivity contribution < 1.29 is 24.5 Å². The normalized spacial score (nSPS) is 24.1. The van der Waals surface area contributed by atoms with Crippen LogP contribution in [0.4, 0.5) is 4.79 Å². The van der Waals surface area contributed by atoms with Gasteiger partial charge in [0, 0.05) is 6.54 Å². The molecule has 1 aliphatic heterocycles. The van der Waals surface area contributed by atoms with Gasteiger partial charge in [0.15, 0.2) is 0 Å². The van der Waals surface area contributed by atoms with Crippen LogP contribution in [-0.2, 0) is 9.53 Å². The van der Waals surface area contributed by atoms with Crippen molar-refractivity contribution in [2.24, 2.45) is 11.8 Å². The molecule has 0 spiro atoms. The van der Waals surface area contributed by atoms with E-state index in [1.54, 1.807) is 20.8 Å². The summed E-state index contributed by atoms with van der Waals surface area (Å²) in [5.41, 5.74) is -0.640. The van der Waals surface area contributed by atoms with E-state index in [2.05, 4.69) is 19.2 Å². The van der Waals surface area contributed by atoms with E-state index in [-0.39, 0.29) is 12.5 Å². The van der Waals surface area contributed by atoms with Crippen LogP contribution in [0.1, 0.15) is 67.2 Å². The van der Waals surface area contributed by atoms with Gasteiger partial charge in [-0.15, -0.1) is 0 Å². The minimum Gasteiger partial charge on any atom is -0.444 e. The predicted octanol–water partition coefficient (Wildman–Crippen LogP) is 2.30. The first-order valence-electron chi connectivity index (χ1n) is 10.1. The number of aliphatic hydroxyl groups excluding tert-OH is 2. The van der Waals surface area contributed by atoms with Crippen LogP contribution < -0.4 is 5.32 Å². The zero-order chi connectivity index (χ0) is 20.8. The lowest BCUT2D eigenvalue weighted by molar-refractivity contribution is -0.130. The highest BCUT2D eigenvalue weighted by Crippen LogP contribution is 2.30. The summed E-state index contributed by atoms with van der Waals surface area (Å²) in [6.45, 7) is 11.4. The van der Waals surface area contributed by atoms with Crippen LogP contribution in [-0.4, -0.2) is 64.1 Å². The zero-order valence-corrected chi connectivity index (χ0v) is 17.7. The summed E-state index contributed by atoms with van der Waals surface area (Å²) >= 11 is 0. The molecule has 7 nitrogen and oxygen atoms in total. The fourth-order valence-electron chi connectivity index (χ4n) is 3.37. The summed E-state index contributed by atoms with van der Waals surface area (Å²) in [6.07, 6.45) is 2.12. The molecule has 27 heavy (non-hydrogen) atoms. The van der Waals surface area contributed by atoms with Crippen molar-refractivity contribution in [3.05, 3.63) is 0 Å². The van der Waals surface area contributed by atoms with E-state index in [1.165, 1.54) is 11.8 Å². The summed E-state index contributed by atoms with van der Waals surface area (Å²) in [7, 11) is 0. The van der Waals surface area contributed by atoms with Gasteiger partial charge in [0.1, 0.15) is 11.6 Å². The number of aliphatic hydroxyl groups is 2. The summed E-state index contributed by atoms with van der Waals surface area (Å²) in [4.78, 5) is 27.0. The van der Waals surface area contributed by atoms with Gasteiger partial charge in [-0.25, -0.2) is 4.79 Å². The van der Waals surface area contributed by atoms with Gasteiger partial charge < -0.3 is 20.3 Å². The molecule has 0 radical (unpaired) electrons. The number of amides is 2. The Kier molecular flexibility index (Phi) is 9.02. The Labute approximate surface area is 163 Å². The molecule has 0 bridgehead atoms. The van der Waals surface area contributed by atoms with E-state index in [4.69, 9.17) is 4.74 Å². The molecule has 0 aromatic heterocycles. The van der Waals surface area contributed by atoms with Crippen LogP contribution in [0.25, 0.3) is 0 Å². The molecule has 2 amide bonds. The second kappa shape index (κ2) is 10.3. The zero-order valence-electron chi connectivity index (χ0n) is 17.7. The minimum atomic E-state index is -0.881. The van der Waals surface area contributed by atoms with Crippen molar-refractivity contribution in [2.45, 2.75) is 91.0 Å². The predicted molar refractivity (Wildman–Crippen MR) is 104 cm³/mol. The Morgan fingerprint density at radius 1 is 1.30 bits per heavy atom. The van der Waals surface area contributed by atoms with E-state index in [9.17, 15) is 19.8 Å². The minimum absolute atomic E-state index is 0.352. The van der Waals surface area contributed by atoms with Crippen LogP contribution in [0.2, 0.25) is 0 Å². The average molecular weight is 387 g/mol. The molecule has 0 aliphatic carbocycles. The van der Waals surface area contributed by atoms with Gasteiger partial charge in [-0.05, 0) is 58.8 Å². The number of hydrogen-bond donors (Lipinski definition) is 3. The highest BCUT2D eigenvalue weighted by molar-refractivity contribution is 5.86. The lowest BCUT2D eigenvalue weighted by atomic mass is 9.83. The van der Waals surface area contributed by atoms with Crippen LogP contribution in [0, 0.1) is 11.8 Å². The Morgan fingerprint density at radius 2 is 1.93 bits per heavy atom. The standard InChI is InChI=1S/C20H38N2O5/c1-7-13(2)10-15-8-9-22(19(26)27-20(4,5)6)17(11-15)18(25)21-16(12-23)14(3)24/h13-17,23-24H,7-12H2,1-6H3,(H,21,25)/t13?,14-,15?,16-,17?/m0/s1. The second-order valence-electron chi connectivity index (χ2n) is 8.87. The van der Waals surface area contributed by atoms with Crippen molar-refractivity contribution in [1.29, 1.82) is 0 Å². The fraction of sp³-hybridized carbons (Fsp3) is 0.900. The fourth-order valence-corrected chi connectivity index (χ4v) is 3.37. The van der Waals surface area contributed by atoms with Crippen LogP contribution in [0.3, 0.4) is 0 Å². The van der Waals surface area contributed by atoms with E-state index in [1.807, 2.05) is 0 Å². The van der Waals surface area contributed by atoms with E-state index in [0.717, 1.165) is 19.3 Å². The van der Waals surface area contributed by atoms with Gasteiger partial charge >= 0.3 is 6.09 Å². The van der Waals surface area contributed by atoms with E-state index < -0.39 is 29.9 Å². The van der Waals surface area contributed by atoms with Crippen molar-refractivity contribution in [3.8, 4) is 0 Å². The SMILES string of the molecule is CCC(C)CC1CCN(C(=O)OC(C)(C)C)C(C(=O)N[C@@H](CO)[C@H](C)O)C1. The molecule has 3 N–H and O–H groups in total. The van der Waals surface area contributed by atoms with Crippen LogP contribution in [0.15, 0.2) is 0 Å². The van der Waals surface area contributed by atoms with Crippen molar-refractivity contribution in [1.82, 2.24) is 10.2 Å². The van der Waals surface area contributed by atoms with Crippen molar-refractivity contribution >= 4 is 12.0 Å². The molecule has 1 aliphatic rings. The number of carbonyl (C=O) groups is 2. The smallest absolute Gasteiger partial charge is 0.410 e. The number of ether oxygens (including phenoxy) is 1. The maximum atomic E-state index is 12.9. The van der Waals surface area contributed by atoms with Gasteiger partial charge in [0.05, 0.1) is 18.8 Å². The monoisotopic (exact) mass is 386 g/mol. The molecule has 5 atom stereocenters. The second-order valence-corrected chi connectivity index (χ2v) is 8.87. The molecule has 1 rings (SSSR count). The number of piperidine rings is 1. The molecule has 3 unspecified atom stereocenters. The molecule has 0 saturated carbocycles. The first-order chi connectivity index (χ1) is 12.5. The van der Waals surface area contributed by atoms with Gasteiger partial charge in [-0.1, -0.05) is 20.3 Å². The molecule has 158 valence electrons. The summed E-state index contributed by atoms with van der Waals surface area (Å²) in [6, 6.07) is -1.41. The highest BCUT2D eigenvalue weighted by Gasteiger charge is 2.39. The van der Waals surface area contributed by atoms with Gasteiger partial charge in [0.2, 0.25) is 5.91 Å². The number of likely N-dealkylation sites (tertiary alicyclic amines) is 1. The maximum Gasteiger partial charge on any atom is 0.410 e. The first kappa shape index (κ1) is 23.7. The van der Waals surface area contributed by atoms with Gasteiger partial charge in [-0.2, -0.15) is 0 Å². The third kappa shape index (κ3) is 7.66. The molecular formula is C20H38N2O5. The topological polar surface area (TPSA) is 99.1 Å². The van der Waals surface area contributed by atoms with Crippen LogP contribution in [0.5, 0.6) is 0 Å². The molecule has 7 heteroatoms. The number of nitrogens with zero attached hydrogens (tertiary/aromatic N) is 1. The molecule has 1 heterocycles. The maximum absolute atomic E-state index is 12.9. The van der Waals surface area contributed by atoms with Crippen molar-refractivity contribution in [2.75, 3.05) is 13.2 Å². The van der Waals surface area contributed by atoms with E-state index >= 15 is 0 Å². The number of carbonyl (C=O) groups excluding carboxylic acids is 2. The Hall–Kier alpha value is -1.34. The summed E-state index contributed by atoms with van der Waals surface area (Å²) in [5.74, 6) is 0.567. The highest BCUT2D eigenvalue weighted by atomic mass is 16.6.